The minimum atomic E-state index is 0.777. The second-order valence-corrected chi connectivity index (χ2v) is 4.58. The van der Waals surface area contributed by atoms with Crippen molar-refractivity contribution in [2.75, 3.05) is 6.54 Å². The highest BCUT2D eigenvalue weighted by Gasteiger charge is 2.06. The van der Waals surface area contributed by atoms with Gasteiger partial charge in [-0.15, -0.1) is 0 Å². The van der Waals surface area contributed by atoms with Crippen molar-refractivity contribution in [3.8, 4) is 0 Å². The predicted octanol–water partition coefficient (Wildman–Crippen LogP) is 1.63. The summed E-state index contributed by atoms with van der Waals surface area (Å²) in [5.41, 5.74) is 3.38. The van der Waals surface area contributed by atoms with Crippen molar-refractivity contribution in [3.05, 3.63) is 48.3 Å². The number of fused-ring (bicyclic) bond motifs is 1. The monoisotopic (exact) mass is 255 g/mol. The first-order valence-corrected chi connectivity index (χ1v) is 6.43. The lowest BCUT2D eigenvalue weighted by atomic mass is 10.3. The third kappa shape index (κ3) is 2.51. The average Bonchev–Trinajstić information content (AvgIpc) is 3.04. The first kappa shape index (κ1) is 11.9. The lowest BCUT2D eigenvalue weighted by Gasteiger charge is -2.04. The summed E-state index contributed by atoms with van der Waals surface area (Å²) in [5, 5.41) is 3.41. The van der Waals surface area contributed by atoms with Crippen LogP contribution in [0.2, 0.25) is 0 Å². The number of imidazole rings is 2. The molecular formula is C14H17N5. The van der Waals surface area contributed by atoms with E-state index in [1.165, 1.54) is 5.52 Å². The Morgan fingerprint density at radius 2 is 2.21 bits per heavy atom. The molecule has 3 aromatic rings. The van der Waals surface area contributed by atoms with Crippen LogP contribution in [0.3, 0.4) is 0 Å². The van der Waals surface area contributed by atoms with Gasteiger partial charge in [-0.1, -0.05) is 12.1 Å². The molecule has 0 unspecified atom stereocenters. The number of para-hydroxylation sites is 2. The number of nitrogens with one attached hydrogen (secondary N) is 2. The Kier molecular flexibility index (Phi) is 3.29. The lowest BCUT2D eigenvalue weighted by Crippen LogP contribution is -2.19. The summed E-state index contributed by atoms with van der Waals surface area (Å²) in [4.78, 5) is 11.7. The number of H-pyrrole nitrogens is 1. The van der Waals surface area contributed by atoms with Crippen LogP contribution >= 0.6 is 0 Å². The smallest absolute Gasteiger partial charge is 0.123 e. The van der Waals surface area contributed by atoms with Crippen molar-refractivity contribution >= 4 is 11.0 Å². The van der Waals surface area contributed by atoms with E-state index in [4.69, 9.17) is 0 Å². The number of aromatic nitrogens is 4. The maximum atomic E-state index is 4.63. The van der Waals surface area contributed by atoms with Crippen molar-refractivity contribution in [2.45, 2.75) is 13.0 Å². The molecule has 0 aliphatic carbocycles. The predicted molar refractivity (Wildman–Crippen MR) is 74.7 cm³/mol. The molecule has 5 nitrogen and oxygen atoms in total. The third-order valence-electron chi connectivity index (χ3n) is 3.29. The SMILES string of the molecule is Cn1c(CNCCc2cnc[nH]2)nc2ccccc21. The quantitative estimate of drug-likeness (QED) is 0.681. The molecular weight excluding hydrogens is 238 g/mol. The maximum absolute atomic E-state index is 4.63. The van der Waals surface area contributed by atoms with Gasteiger partial charge in [0.2, 0.25) is 0 Å². The average molecular weight is 255 g/mol. The lowest BCUT2D eigenvalue weighted by molar-refractivity contribution is 0.638. The summed E-state index contributed by atoms with van der Waals surface area (Å²) in [6, 6.07) is 8.20. The summed E-state index contributed by atoms with van der Waals surface area (Å²) >= 11 is 0. The Bertz CT molecular complexity index is 654. The fourth-order valence-corrected chi connectivity index (χ4v) is 2.20. The molecule has 0 saturated carbocycles. The number of aromatic amines is 1. The normalized spacial score (nSPS) is 11.2. The molecule has 5 heteroatoms. The Morgan fingerprint density at radius 1 is 1.32 bits per heavy atom. The van der Waals surface area contributed by atoms with Crippen LogP contribution in [0.5, 0.6) is 0 Å². The molecule has 3 rings (SSSR count). The maximum Gasteiger partial charge on any atom is 0.123 e. The number of benzene rings is 1. The summed E-state index contributed by atoms with van der Waals surface area (Å²) in [6.45, 7) is 1.69. The number of nitrogens with zero attached hydrogens (tertiary/aromatic N) is 3. The Hall–Kier alpha value is -2.14. The molecule has 0 amide bonds. The van der Waals surface area contributed by atoms with Crippen molar-refractivity contribution < 1.29 is 0 Å². The van der Waals surface area contributed by atoms with Crippen molar-refractivity contribution in [3.63, 3.8) is 0 Å². The van der Waals surface area contributed by atoms with E-state index >= 15 is 0 Å². The summed E-state index contributed by atoms with van der Waals surface area (Å²) in [5.74, 6) is 1.06. The summed E-state index contributed by atoms with van der Waals surface area (Å²) < 4.78 is 2.14. The van der Waals surface area contributed by atoms with Gasteiger partial charge in [-0.2, -0.15) is 0 Å². The highest BCUT2D eigenvalue weighted by atomic mass is 15.1. The van der Waals surface area contributed by atoms with Crippen LogP contribution < -0.4 is 5.32 Å². The van der Waals surface area contributed by atoms with E-state index in [1.807, 2.05) is 24.4 Å². The zero-order valence-corrected chi connectivity index (χ0v) is 10.9. The fourth-order valence-electron chi connectivity index (χ4n) is 2.20. The van der Waals surface area contributed by atoms with Crippen molar-refractivity contribution in [1.82, 2.24) is 24.8 Å². The molecule has 0 atom stereocenters. The van der Waals surface area contributed by atoms with E-state index < -0.39 is 0 Å². The van der Waals surface area contributed by atoms with Gasteiger partial charge in [0.15, 0.2) is 0 Å². The van der Waals surface area contributed by atoms with Gasteiger partial charge in [0.05, 0.1) is 23.9 Å². The first-order valence-electron chi connectivity index (χ1n) is 6.43. The van der Waals surface area contributed by atoms with Gasteiger partial charge >= 0.3 is 0 Å². The van der Waals surface area contributed by atoms with Crippen LogP contribution in [0.1, 0.15) is 11.5 Å². The topological polar surface area (TPSA) is 58.5 Å². The molecule has 0 aliphatic heterocycles. The van der Waals surface area contributed by atoms with Gasteiger partial charge in [-0.3, -0.25) is 0 Å². The second kappa shape index (κ2) is 5.24. The highest BCUT2D eigenvalue weighted by molar-refractivity contribution is 5.75. The Labute approximate surface area is 111 Å². The molecule has 2 N–H and O–H groups in total. The van der Waals surface area contributed by atoms with Gasteiger partial charge < -0.3 is 14.9 Å². The van der Waals surface area contributed by atoms with E-state index in [1.54, 1.807) is 6.33 Å². The van der Waals surface area contributed by atoms with E-state index in [0.717, 1.165) is 36.5 Å². The summed E-state index contributed by atoms with van der Waals surface area (Å²) in [6.07, 6.45) is 4.52. The number of rotatable bonds is 5. The van der Waals surface area contributed by atoms with Gasteiger partial charge in [0, 0.05) is 31.9 Å². The van der Waals surface area contributed by atoms with E-state index in [-0.39, 0.29) is 0 Å². The molecule has 2 heterocycles. The molecule has 0 fully saturated rings. The van der Waals surface area contributed by atoms with Crippen LogP contribution in [0.25, 0.3) is 11.0 Å². The molecule has 0 saturated heterocycles. The zero-order chi connectivity index (χ0) is 13.1. The zero-order valence-electron chi connectivity index (χ0n) is 10.9. The molecule has 0 radical (unpaired) electrons. The standard InChI is InChI=1S/C14H17N5/c1-19-13-5-3-2-4-12(13)18-14(19)9-15-7-6-11-8-16-10-17-11/h2-5,8,10,15H,6-7,9H2,1H3,(H,16,17). The van der Waals surface area contributed by atoms with Crippen LogP contribution in [0.15, 0.2) is 36.8 Å². The highest BCUT2D eigenvalue weighted by Crippen LogP contribution is 2.13. The van der Waals surface area contributed by atoms with Crippen LogP contribution in [0, 0.1) is 0 Å². The van der Waals surface area contributed by atoms with Gasteiger partial charge in [-0.05, 0) is 12.1 Å². The molecule has 0 spiro atoms. The van der Waals surface area contributed by atoms with Crippen molar-refractivity contribution in [1.29, 1.82) is 0 Å². The van der Waals surface area contributed by atoms with Gasteiger partial charge in [0.1, 0.15) is 5.82 Å². The van der Waals surface area contributed by atoms with Crippen LogP contribution in [-0.2, 0) is 20.0 Å². The minimum absolute atomic E-state index is 0.777. The Morgan fingerprint density at radius 3 is 3.00 bits per heavy atom. The Balaban J connectivity index is 1.61. The van der Waals surface area contributed by atoms with E-state index in [9.17, 15) is 0 Å². The van der Waals surface area contributed by atoms with E-state index in [2.05, 4.69) is 37.9 Å². The van der Waals surface area contributed by atoms with Gasteiger partial charge in [0.25, 0.3) is 0 Å². The number of hydrogen-bond donors (Lipinski definition) is 2. The van der Waals surface area contributed by atoms with Crippen LogP contribution in [-0.4, -0.2) is 26.1 Å². The molecule has 98 valence electrons. The first-order chi connectivity index (χ1) is 9.34. The van der Waals surface area contributed by atoms with E-state index in [0.29, 0.717) is 0 Å². The van der Waals surface area contributed by atoms with Crippen LogP contribution in [0.4, 0.5) is 0 Å². The summed E-state index contributed by atoms with van der Waals surface area (Å²) in [7, 11) is 2.06. The molecule has 0 bridgehead atoms. The fraction of sp³-hybridized carbons (Fsp3) is 0.286. The van der Waals surface area contributed by atoms with Crippen molar-refractivity contribution in [2.24, 2.45) is 7.05 Å². The number of hydrogen-bond acceptors (Lipinski definition) is 3. The number of aryl methyl sites for hydroxylation is 1. The molecule has 19 heavy (non-hydrogen) atoms. The molecule has 0 aliphatic rings. The van der Waals surface area contributed by atoms with Gasteiger partial charge in [-0.25, -0.2) is 9.97 Å². The third-order valence-corrected chi connectivity index (χ3v) is 3.29. The molecule has 1 aromatic carbocycles. The molecule has 2 aromatic heterocycles. The largest absolute Gasteiger partial charge is 0.348 e. The second-order valence-electron chi connectivity index (χ2n) is 4.58. The minimum Gasteiger partial charge on any atom is -0.348 e.